The highest BCUT2D eigenvalue weighted by Crippen LogP contribution is 2.24. The Kier molecular flexibility index (Phi) is 7.62. The van der Waals surface area contributed by atoms with Gasteiger partial charge in [-0.1, -0.05) is 42.5 Å². The Hall–Kier alpha value is -3.22. The van der Waals surface area contributed by atoms with Crippen LogP contribution in [0.2, 0.25) is 0 Å². The minimum absolute atomic E-state index is 0.0354. The van der Waals surface area contributed by atoms with Crippen LogP contribution in [0.25, 0.3) is 5.70 Å². The predicted molar refractivity (Wildman–Crippen MR) is 111 cm³/mol. The van der Waals surface area contributed by atoms with E-state index in [1.165, 1.54) is 12.1 Å². The van der Waals surface area contributed by atoms with Crippen molar-refractivity contribution in [3.8, 4) is 5.75 Å². The number of nitrogens with zero attached hydrogens (tertiary/aromatic N) is 1. The number of carbonyl (C=O) groups excluding carboxylic acids is 1. The normalized spacial score (nSPS) is 14.4. The number of ether oxygens (including phenoxy) is 1. The van der Waals surface area contributed by atoms with Gasteiger partial charge in [0.15, 0.2) is 0 Å². The first-order valence-corrected chi connectivity index (χ1v) is 9.75. The van der Waals surface area contributed by atoms with Crippen LogP contribution in [0, 0.1) is 0 Å². The van der Waals surface area contributed by atoms with Crippen LogP contribution in [0.3, 0.4) is 0 Å². The van der Waals surface area contributed by atoms with Gasteiger partial charge in [-0.15, -0.1) is 18.7 Å². The zero-order valence-corrected chi connectivity index (χ0v) is 16.8. The van der Waals surface area contributed by atoms with Crippen molar-refractivity contribution in [2.75, 3.05) is 6.54 Å². The second-order valence-corrected chi connectivity index (χ2v) is 7.08. The van der Waals surface area contributed by atoms with E-state index < -0.39 is 31.1 Å². The molecule has 1 atom stereocenters. The Morgan fingerprint density at radius 3 is 2.59 bits per heavy atom. The highest BCUT2D eigenvalue weighted by Gasteiger charge is 2.31. The minimum Gasteiger partial charge on any atom is -0.426 e. The van der Waals surface area contributed by atoms with Crippen LogP contribution in [-0.4, -0.2) is 46.9 Å². The molecule has 0 saturated carbocycles. The molecule has 1 aliphatic rings. The highest BCUT2D eigenvalue weighted by atomic mass is 19.4. The second-order valence-electron chi connectivity index (χ2n) is 7.08. The van der Waals surface area contributed by atoms with Crippen LogP contribution in [0.5, 0.6) is 5.75 Å². The molecule has 12 heteroatoms. The standard InChI is InChI=1S/C20H22BF3N4O4/c22-20(23,24)32-16-8-4-5-14(11-16)12-18(21(30)31)25-19(29)9-10-28-13-17(26-27-28)15-6-2-1-3-7-15/h1-8,11,13,18,26-27,30-31H,9-10,12H2,(H,25,29)/t18-/m0/s1. The van der Waals surface area contributed by atoms with Crippen molar-refractivity contribution in [3.05, 3.63) is 71.9 Å². The molecule has 5 N–H and O–H groups in total. The van der Waals surface area contributed by atoms with Gasteiger partial charge in [0.25, 0.3) is 0 Å². The number of hydrazine groups is 2. The Bertz CT molecular complexity index is 944. The molecule has 0 spiro atoms. The molecule has 0 unspecified atom stereocenters. The Balaban J connectivity index is 1.52. The molecule has 0 aromatic heterocycles. The molecular weight excluding hydrogens is 428 g/mol. The van der Waals surface area contributed by atoms with Crippen LogP contribution >= 0.6 is 0 Å². The van der Waals surface area contributed by atoms with Crippen LogP contribution in [0.15, 0.2) is 60.8 Å². The Morgan fingerprint density at radius 2 is 1.91 bits per heavy atom. The van der Waals surface area contributed by atoms with Gasteiger partial charge >= 0.3 is 13.5 Å². The molecule has 3 rings (SSSR count). The largest absolute Gasteiger partial charge is 0.573 e. The molecule has 1 amide bonds. The Labute approximate surface area is 182 Å². The molecule has 32 heavy (non-hydrogen) atoms. The third kappa shape index (κ3) is 7.19. The average Bonchev–Trinajstić information content (AvgIpc) is 3.20. The monoisotopic (exact) mass is 450 g/mol. The zero-order valence-electron chi connectivity index (χ0n) is 16.8. The first-order chi connectivity index (χ1) is 15.2. The third-order valence-electron chi connectivity index (χ3n) is 4.58. The molecule has 0 aliphatic carbocycles. The van der Waals surface area contributed by atoms with Gasteiger partial charge in [-0.2, -0.15) is 0 Å². The van der Waals surface area contributed by atoms with E-state index in [1.54, 1.807) is 11.2 Å². The lowest BCUT2D eigenvalue weighted by Gasteiger charge is -2.20. The lowest BCUT2D eigenvalue weighted by molar-refractivity contribution is -0.274. The number of benzene rings is 2. The molecule has 0 bridgehead atoms. The van der Waals surface area contributed by atoms with Crippen LogP contribution in [0.1, 0.15) is 17.5 Å². The highest BCUT2D eigenvalue weighted by molar-refractivity contribution is 6.43. The van der Waals surface area contributed by atoms with Gasteiger partial charge in [0.1, 0.15) is 5.75 Å². The minimum atomic E-state index is -4.84. The molecule has 0 radical (unpaired) electrons. The first kappa shape index (κ1) is 23.4. The summed E-state index contributed by atoms with van der Waals surface area (Å²) in [5, 5.41) is 23.4. The van der Waals surface area contributed by atoms with E-state index >= 15 is 0 Å². The summed E-state index contributed by atoms with van der Waals surface area (Å²) >= 11 is 0. The number of carbonyl (C=O) groups is 1. The SMILES string of the molecule is O=C(CCN1C=C(c2ccccc2)NN1)N[C@@H](Cc1cccc(OC(F)(F)F)c1)B(O)O. The lowest BCUT2D eigenvalue weighted by Crippen LogP contribution is -2.48. The van der Waals surface area contributed by atoms with E-state index in [9.17, 15) is 28.0 Å². The molecule has 170 valence electrons. The summed E-state index contributed by atoms with van der Waals surface area (Å²) in [7, 11) is -1.90. The molecule has 1 aliphatic heterocycles. The number of rotatable bonds is 9. The van der Waals surface area contributed by atoms with Gasteiger partial charge in [-0.3, -0.25) is 9.80 Å². The molecule has 8 nitrogen and oxygen atoms in total. The molecule has 0 saturated heterocycles. The fraction of sp³-hybridized carbons (Fsp3) is 0.250. The number of nitrogens with one attached hydrogen (secondary N) is 3. The maximum Gasteiger partial charge on any atom is 0.573 e. The van der Waals surface area contributed by atoms with E-state index in [0.29, 0.717) is 5.56 Å². The first-order valence-electron chi connectivity index (χ1n) is 9.75. The summed E-state index contributed by atoms with van der Waals surface area (Å²) in [6, 6.07) is 14.7. The average molecular weight is 450 g/mol. The number of alkyl halides is 3. The summed E-state index contributed by atoms with van der Waals surface area (Å²) in [6.07, 6.45) is -3.10. The van der Waals surface area contributed by atoms with Crippen LogP contribution < -0.4 is 21.0 Å². The maximum atomic E-state index is 12.4. The molecular formula is C20H22BF3N4O4. The van der Waals surface area contributed by atoms with Gasteiger partial charge in [0.2, 0.25) is 5.91 Å². The van der Waals surface area contributed by atoms with Crippen molar-refractivity contribution in [2.45, 2.75) is 25.1 Å². The van der Waals surface area contributed by atoms with E-state index in [-0.39, 0.29) is 19.4 Å². The summed E-state index contributed by atoms with van der Waals surface area (Å²) in [5.74, 6) is -1.99. The van der Waals surface area contributed by atoms with Gasteiger partial charge in [-0.25, -0.2) is 0 Å². The van der Waals surface area contributed by atoms with Crippen molar-refractivity contribution in [1.29, 1.82) is 0 Å². The third-order valence-corrected chi connectivity index (χ3v) is 4.58. The van der Waals surface area contributed by atoms with Crippen molar-refractivity contribution in [1.82, 2.24) is 21.3 Å². The quantitative estimate of drug-likeness (QED) is 0.367. The molecule has 2 aromatic rings. The van der Waals surface area contributed by atoms with Gasteiger partial charge in [0.05, 0.1) is 11.6 Å². The van der Waals surface area contributed by atoms with Crippen LogP contribution in [-0.2, 0) is 11.2 Å². The van der Waals surface area contributed by atoms with Crippen molar-refractivity contribution in [3.63, 3.8) is 0 Å². The second kappa shape index (κ2) is 10.4. The van der Waals surface area contributed by atoms with Crippen molar-refractivity contribution < 1.29 is 32.8 Å². The van der Waals surface area contributed by atoms with Crippen molar-refractivity contribution in [2.24, 2.45) is 0 Å². The fourth-order valence-corrected chi connectivity index (χ4v) is 3.09. The maximum absolute atomic E-state index is 12.4. The van der Waals surface area contributed by atoms with E-state index in [0.717, 1.165) is 23.4 Å². The Morgan fingerprint density at radius 1 is 1.16 bits per heavy atom. The number of hydrogen-bond acceptors (Lipinski definition) is 7. The number of halogens is 3. The van der Waals surface area contributed by atoms with E-state index in [2.05, 4.69) is 21.0 Å². The molecule has 0 fully saturated rings. The molecule has 1 heterocycles. The van der Waals surface area contributed by atoms with E-state index in [1.807, 2.05) is 30.3 Å². The number of amides is 1. The van der Waals surface area contributed by atoms with E-state index in [4.69, 9.17) is 0 Å². The predicted octanol–water partition coefficient (Wildman–Crippen LogP) is 1.34. The fourth-order valence-electron chi connectivity index (χ4n) is 3.09. The van der Waals surface area contributed by atoms with Gasteiger partial charge < -0.3 is 25.5 Å². The number of hydrogen-bond donors (Lipinski definition) is 5. The summed E-state index contributed by atoms with van der Waals surface area (Å²) in [5.41, 5.74) is 8.03. The van der Waals surface area contributed by atoms with Crippen molar-refractivity contribution >= 4 is 18.7 Å². The topological polar surface area (TPSA) is 106 Å². The van der Waals surface area contributed by atoms with Crippen LogP contribution in [0.4, 0.5) is 13.2 Å². The van der Waals surface area contributed by atoms with Gasteiger partial charge in [0, 0.05) is 24.7 Å². The lowest BCUT2D eigenvalue weighted by atomic mass is 9.76. The summed E-state index contributed by atoms with van der Waals surface area (Å²) < 4.78 is 41.0. The van der Waals surface area contributed by atoms with Gasteiger partial charge in [-0.05, 0) is 24.1 Å². The summed E-state index contributed by atoms with van der Waals surface area (Å²) in [4.78, 5) is 12.3. The zero-order chi connectivity index (χ0) is 23.1. The molecule has 2 aromatic carbocycles. The summed E-state index contributed by atoms with van der Waals surface area (Å²) in [6.45, 7) is 0.290. The smallest absolute Gasteiger partial charge is 0.426 e.